The Bertz CT molecular complexity index is 1050. The minimum absolute atomic E-state index is 0.149. The molecule has 9 heteroatoms. The maximum atomic E-state index is 13.1. The molecular formula is C20H24N4O4S. The zero-order valence-electron chi connectivity index (χ0n) is 16.5. The Morgan fingerprint density at radius 3 is 2.55 bits per heavy atom. The minimum atomic E-state index is -3.90. The highest BCUT2D eigenvalue weighted by atomic mass is 32.2. The van der Waals surface area contributed by atoms with Crippen LogP contribution in [0.25, 0.3) is 0 Å². The van der Waals surface area contributed by atoms with Gasteiger partial charge in [0.25, 0.3) is 5.69 Å². The van der Waals surface area contributed by atoms with Gasteiger partial charge in [0.15, 0.2) is 0 Å². The van der Waals surface area contributed by atoms with Crippen molar-refractivity contribution in [3.05, 3.63) is 63.7 Å². The Morgan fingerprint density at radius 1 is 1.14 bits per heavy atom. The van der Waals surface area contributed by atoms with E-state index in [2.05, 4.69) is 16.6 Å². The maximum Gasteiger partial charge on any atom is 0.270 e. The van der Waals surface area contributed by atoms with Crippen LogP contribution in [0.2, 0.25) is 0 Å². The molecule has 2 aromatic carbocycles. The van der Waals surface area contributed by atoms with Crippen molar-refractivity contribution in [2.45, 2.75) is 38.0 Å². The van der Waals surface area contributed by atoms with Gasteiger partial charge in [0.05, 0.1) is 16.3 Å². The Balaban J connectivity index is 2.03. The van der Waals surface area contributed by atoms with Crippen LogP contribution in [0.4, 0.5) is 11.4 Å². The van der Waals surface area contributed by atoms with Crippen molar-refractivity contribution < 1.29 is 13.3 Å². The summed E-state index contributed by atoms with van der Waals surface area (Å²) in [5, 5.41) is 15.7. The fraction of sp³-hybridized carbons (Fsp3) is 0.350. The summed E-state index contributed by atoms with van der Waals surface area (Å²) in [6, 6.07) is 11.8. The van der Waals surface area contributed by atoms with E-state index in [-0.39, 0.29) is 29.4 Å². The third-order valence-electron chi connectivity index (χ3n) is 5.00. The quantitative estimate of drug-likeness (QED) is 0.546. The van der Waals surface area contributed by atoms with Crippen LogP contribution in [0.5, 0.6) is 0 Å². The lowest BCUT2D eigenvalue weighted by molar-refractivity contribution is -0.385. The number of nitrogens with zero attached hydrogens (tertiary/aromatic N) is 3. The van der Waals surface area contributed by atoms with Crippen LogP contribution in [0.1, 0.15) is 37.8 Å². The molecule has 0 saturated heterocycles. The molecule has 29 heavy (non-hydrogen) atoms. The predicted octanol–water partition coefficient (Wildman–Crippen LogP) is 3.78. The Morgan fingerprint density at radius 2 is 1.86 bits per heavy atom. The van der Waals surface area contributed by atoms with Crippen LogP contribution in [0.15, 0.2) is 52.5 Å². The summed E-state index contributed by atoms with van der Waals surface area (Å²) in [6.45, 7) is 3.99. The first kappa shape index (κ1) is 20.9. The summed E-state index contributed by atoms with van der Waals surface area (Å²) in [5.41, 5.74) is 5.89. The SMILES string of the molecule is CCN(CC)S(=O)(=O)c1cc([N+](=O)[O-])ccc1NN=C1CCCc2ccccc21. The highest BCUT2D eigenvalue weighted by Gasteiger charge is 2.27. The standard InChI is InChI=1S/C20H24N4O4S/c1-3-23(4-2)29(27,28)20-14-16(24(25)26)12-13-19(20)22-21-18-11-7-9-15-8-5-6-10-17(15)18/h5-6,8,10,12-14,22H,3-4,7,9,11H2,1-2H3. The van der Waals surface area contributed by atoms with Gasteiger partial charge in [0.2, 0.25) is 10.0 Å². The van der Waals surface area contributed by atoms with Gasteiger partial charge in [-0.05, 0) is 30.9 Å². The van der Waals surface area contributed by atoms with Crippen molar-refractivity contribution in [3.63, 3.8) is 0 Å². The van der Waals surface area contributed by atoms with Gasteiger partial charge in [-0.1, -0.05) is 38.1 Å². The smallest absolute Gasteiger partial charge is 0.270 e. The molecule has 0 bridgehead atoms. The molecule has 0 spiro atoms. The normalized spacial score (nSPS) is 15.3. The number of nitro groups is 1. The van der Waals surface area contributed by atoms with Gasteiger partial charge in [0.1, 0.15) is 4.90 Å². The molecule has 3 rings (SSSR count). The lowest BCUT2D eigenvalue weighted by Crippen LogP contribution is -2.31. The summed E-state index contributed by atoms with van der Waals surface area (Å²) >= 11 is 0. The molecule has 8 nitrogen and oxygen atoms in total. The van der Waals surface area contributed by atoms with E-state index in [1.54, 1.807) is 13.8 Å². The van der Waals surface area contributed by atoms with E-state index in [1.807, 2.05) is 18.2 Å². The van der Waals surface area contributed by atoms with Crippen molar-refractivity contribution in [2.75, 3.05) is 18.5 Å². The topological polar surface area (TPSA) is 105 Å². The van der Waals surface area contributed by atoms with E-state index >= 15 is 0 Å². The van der Waals surface area contributed by atoms with Gasteiger partial charge >= 0.3 is 0 Å². The maximum absolute atomic E-state index is 13.1. The van der Waals surface area contributed by atoms with Crippen LogP contribution in [0.3, 0.4) is 0 Å². The van der Waals surface area contributed by atoms with Gasteiger partial charge in [-0.15, -0.1) is 0 Å². The fourth-order valence-corrected chi connectivity index (χ4v) is 5.10. The molecule has 2 aromatic rings. The van der Waals surface area contributed by atoms with E-state index in [1.165, 1.54) is 22.0 Å². The molecule has 0 heterocycles. The van der Waals surface area contributed by atoms with Crippen LogP contribution in [-0.4, -0.2) is 36.4 Å². The molecule has 0 saturated carbocycles. The number of fused-ring (bicyclic) bond motifs is 1. The lowest BCUT2D eigenvalue weighted by atomic mass is 9.90. The average Bonchev–Trinajstić information content (AvgIpc) is 2.72. The Hall–Kier alpha value is -2.78. The van der Waals surface area contributed by atoms with Crippen LogP contribution in [0, 0.1) is 10.1 Å². The van der Waals surface area contributed by atoms with E-state index in [4.69, 9.17) is 0 Å². The summed E-state index contributed by atoms with van der Waals surface area (Å²) < 4.78 is 27.4. The number of rotatable bonds is 7. The summed E-state index contributed by atoms with van der Waals surface area (Å²) in [4.78, 5) is 10.4. The molecule has 0 atom stereocenters. The molecule has 0 unspecified atom stereocenters. The van der Waals surface area contributed by atoms with E-state index < -0.39 is 14.9 Å². The highest BCUT2D eigenvalue weighted by molar-refractivity contribution is 7.89. The van der Waals surface area contributed by atoms with E-state index in [0.29, 0.717) is 0 Å². The Kier molecular flexibility index (Phi) is 6.29. The van der Waals surface area contributed by atoms with Gasteiger partial charge in [0, 0.05) is 30.8 Å². The molecule has 1 aliphatic rings. The monoisotopic (exact) mass is 416 g/mol. The number of anilines is 1. The number of nitrogens with one attached hydrogen (secondary N) is 1. The predicted molar refractivity (Wildman–Crippen MR) is 113 cm³/mol. The number of hydrogen-bond acceptors (Lipinski definition) is 6. The number of nitro benzene ring substituents is 1. The van der Waals surface area contributed by atoms with Crippen molar-refractivity contribution in [1.82, 2.24) is 4.31 Å². The number of hydrazone groups is 1. The number of hydrogen-bond donors (Lipinski definition) is 1. The first-order valence-corrected chi connectivity index (χ1v) is 11.0. The fourth-order valence-electron chi connectivity index (χ4n) is 3.48. The van der Waals surface area contributed by atoms with Crippen molar-refractivity contribution in [1.29, 1.82) is 0 Å². The number of aryl methyl sites for hydroxylation is 1. The molecule has 0 amide bonds. The molecule has 0 radical (unpaired) electrons. The molecule has 1 aliphatic carbocycles. The van der Waals surface area contributed by atoms with Crippen molar-refractivity contribution in [2.24, 2.45) is 5.10 Å². The Labute approximate surface area is 170 Å². The van der Waals surface area contributed by atoms with Gasteiger partial charge < -0.3 is 0 Å². The largest absolute Gasteiger partial charge is 0.277 e. The second-order valence-electron chi connectivity index (χ2n) is 6.71. The first-order valence-electron chi connectivity index (χ1n) is 9.58. The van der Waals surface area contributed by atoms with Crippen molar-refractivity contribution in [3.8, 4) is 0 Å². The zero-order chi connectivity index (χ0) is 21.0. The number of sulfonamides is 1. The third kappa shape index (κ3) is 4.30. The van der Waals surface area contributed by atoms with Crippen LogP contribution >= 0.6 is 0 Å². The molecule has 154 valence electrons. The van der Waals surface area contributed by atoms with Crippen LogP contribution < -0.4 is 5.43 Å². The zero-order valence-corrected chi connectivity index (χ0v) is 17.3. The summed E-state index contributed by atoms with van der Waals surface area (Å²) in [7, 11) is -3.90. The van der Waals surface area contributed by atoms with Crippen LogP contribution in [-0.2, 0) is 16.4 Å². The third-order valence-corrected chi connectivity index (χ3v) is 7.09. The van der Waals surface area contributed by atoms with E-state index in [9.17, 15) is 18.5 Å². The second-order valence-corrected chi connectivity index (χ2v) is 8.61. The van der Waals surface area contributed by atoms with Gasteiger partial charge in [-0.3, -0.25) is 15.5 Å². The highest BCUT2D eigenvalue weighted by Crippen LogP contribution is 2.30. The number of non-ortho nitro benzene ring substituents is 1. The minimum Gasteiger partial charge on any atom is -0.277 e. The molecule has 0 aromatic heterocycles. The summed E-state index contributed by atoms with van der Waals surface area (Å²) in [6.07, 6.45) is 2.71. The van der Waals surface area contributed by atoms with E-state index in [0.717, 1.165) is 36.6 Å². The molecular weight excluding hydrogens is 392 g/mol. The van der Waals surface area contributed by atoms with Gasteiger partial charge in [-0.25, -0.2) is 8.42 Å². The van der Waals surface area contributed by atoms with Gasteiger partial charge in [-0.2, -0.15) is 9.41 Å². The first-order chi connectivity index (χ1) is 13.9. The second kappa shape index (κ2) is 8.71. The molecule has 0 fully saturated rings. The summed E-state index contributed by atoms with van der Waals surface area (Å²) in [5.74, 6) is 0. The number of benzene rings is 2. The average molecular weight is 417 g/mol. The molecule has 0 aliphatic heterocycles. The lowest BCUT2D eigenvalue weighted by Gasteiger charge is -2.21. The van der Waals surface area contributed by atoms with Crippen molar-refractivity contribution >= 4 is 27.1 Å². The molecule has 1 N–H and O–H groups in total.